The van der Waals surface area contributed by atoms with Crippen LogP contribution in [-0.2, 0) is 9.53 Å². The van der Waals surface area contributed by atoms with Crippen molar-refractivity contribution in [2.24, 2.45) is 0 Å². The molecule has 3 aromatic rings. The zero-order valence-corrected chi connectivity index (χ0v) is 17.7. The Morgan fingerprint density at radius 1 is 1.03 bits per heavy atom. The number of benzene rings is 2. The summed E-state index contributed by atoms with van der Waals surface area (Å²) < 4.78 is 15.8. The molecule has 0 saturated carbocycles. The van der Waals surface area contributed by atoms with Crippen molar-refractivity contribution in [2.75, 3.05) is 6.79 Å². The topological polar surface area (TPSA) is 65.7 Å². The summed E-state index contributed by atoms with van der Waals surface area (Å²) in [5, 5.41) is 0.780. The Balaban J connectivity index is 1.98. The Bertz CT molecular complexity index is 1140. The van der Waals surface area contributed by atoms with Crippen molar-refractivity contribution in [1.29, 1.82) is 0 Å². The molecule has 30 heavy (non-hydrogen) atoms. The summed E-state index contributed by atoms with van der Waals surface area (Å²) in [6.45, 7) is 11.6. The third-order valence-corrected chi connectivity index (χ3v) is 4.96. The first kappa shape index (κ1) is 21.4. The predicted molar refractivity (Wildman–Crippen MR) is 118 cm³/mol. The second-order valence-corrected chi connectivity index (χ2v) is 7.73. The monoisotopic (exact) mass is 406 g/mol. The number of esters is 1. The van der Waals surface area contributed by atoms with Crippen molar-refractivity contribution in [1.82, 2.24) is 0 Å². The number of hydrogen-bond donors (Lipinski definition) is 0. The van der Waals surface area contributed by atoms with Gasteiger partial charge in [-0.2, -0.15) is 0 Å². The number of ether oxygens (including phenoxy) is 2. The van der Waals surface area contributed by atoms with Crippen molar-refractivity contribution in [2.45, 2.75) is 39.5 Å². The van der Waals surface area contributed by atoms with Crippen LogP contribution in [0.15, 0.2) is 64.3 Å². The molecule has 0 unspecified atom stereocenters. The number of rotatable bonds is 7. The molecule has 0 saturated heterocycles. The highest BCUT2D eigenvalue weighted by molar-refractivity contribution is 5.83. The quantitative estimate of drug-likeness (QED) is 0.216. The zero-order valence-electron chi connectivity index (χ0n) is 17.7. The Hall–Kier alpha value is -3.34. The van der Waals surface area contributed by atoms with Gasteiger partial charge in [0.2, 0.25) is 6.79 Å². The smallest absolute Gasteiger partial charge is 0.344 e. The molecule has 0 aliphatic heterocycles. The number of carbonyl (C=O) groups is 1. The summed E-state index contributed by atoms with van der Waals surface area (Å²) >= 11 is 0. The van der Waals surface area contributed by atoms with E-state index in [9.17, 15) is 9.59 Å². The maximum atomic E-state index is 12.8. The summed E-state index contributed by atoms with van der Waals surface area (Å²) in [4.78, 5) is 23.9. The van der Waals surface area contributed by atoms with Crippen molar-refractivity contribution < 1.29 is 18.7 Å². The van der Waals surface area contributed by atoms with Gasteiger partial charge in [0, 0.05) is 17.5 Å². The Labute approximate surface area is 175 Å². The fourth-order valence-corrected chi connectivity index (χ4v) is 3.25. The van der Waals surface area contributed by atoms with Crippen LogP contribution in [0.3, 0.4) is 0 Å². The molecule has 5 heteroatoms. The average molecular weight is 406 g/mol. The number of carbonyl (C=O) groups excluding carboxylic acids is 1. The highest BCUT2D eigenvalue weighted by Crippen LogP contribution is 2.32. The average Bonchev–Trinajstić information content (AvgIpc) is 2.72. The first-order valence-corrected chi connectivity index (χ1v) is 9.94. The van der Waals surface area contributed by atoms with Gasteiger partial charge in [0.1, 0.15) is 11.3 Å². The molecule has 0 aliphatic carbocycles. The van der Waals surface area contributed by atoms with Gasteiger partial charge in [-0.05, 0) is 46.7 Å². The van der Waals surface area contributed by atoms with E-state index in [0.717, 1.165) is 22.6 Å². The van der Waals surface area contributed by atoms with Crippen LogP contribution in [0.2, 0.25) is 0 Å². The molecule has 0 bridgehead atoms. The fourth-order valence-electron chi connectivity index (χ4n) is 3.25. The van der Waals surface area contributed by atoms with Crippen LogP contribution in [0.1, 0.15) is 50.7 Å². The zero-order chi connectivity index (χ0) is 21.8. The van der Waals surface area contributed by atoms with Crippen molar-refractivity contribution >= 4 is 16.9 Å². The number of fused-ring (bicyclic) bond motifs is 1. The van der Waals surface area contributed by atoms with Crippen molar-refractivity contribution in [3.8, 4) is 16.9 Å². The molecule has 0 aliphatic rings. The molecule has 0 atom stereocenters. The van der Waals surface area contributed by atoms with E-state index in [0.29, 0.717) is 22.8 Å². The van der Waals surface area contributed by atoms with Crippen molar-refractivity contribution in [3.05, 3.63) is 76.7 Å². The van der Waals surface area contributed by atoms with Crippen LogP contribution in [-0.4, -0.2) is 12.8 Å². The van der Waals surface area contributed by atoms with Gasteiger partial charge >= 0.3 is 11.6 Å². The molecule has 0 amide bonds. The van der Waals surface area contributed by atoms with Crippen LogP contribution < -0.4 is 10.4 Å². The van der Waals surface area contributed by atoms with Crippen LogP contribution in [0.25, 0.3) is 22.1 Å². The van der Waals surface area contributed by atoms with E-state index in [1.54, 1.807) is 12.1 Å². The Morgan fingerprint density at radius 3 is 2.47 bits per heavy atom. The Morgan fingerprint density at radius 2 is 1.80 bits per heavy atom. The first-order chi connectivity index (χ1) is 14.3. The van der Waals surface area contributed by atoms with E-state index in [1.807, 2.05) is 18.2 Å². The molecular formula is C25H26O5. The third kappa shape index (κ3) is 4.62. The SMILES string of the molecule is C=CC(=O)OCOc1ccc2cc(-c3ccc(C(C)C)cc3C(C)C)c(=O)oc2c1. The molecule has 0 fully saturated rings. The summed E-state index contributed by atoms with van der Waals surface area (Å²) in [5.41, 5.74) is 3.79. The molecule has 0 radical (unpaired) electrons. The van der Waals surface area contributed by atoms with Gasteiger partial charge in [-0.25, -0.2) is 9.59 Å². The standard InChI is InChI=1S/C25H26O5/c1-6-24(26)29-14-28-19-9-7-18-12-22(25(27)30-23(18)13-19)20-10-8-17(15(2)3)11-21(20)16(4)5/h6-13,15-16H,1,14H2,2-5H3. The third-order valence-electron chi connectivity index (χ3n) is 4.96. The molecule has 0 N–H and O–H groups in total. The van der Waals surface area contributed by atoms with Crippen LogP contribution in [0, 0.1) is 0 Å². The van der Waals surface area contributed by atoms with Gasteiger partial charge < -0.3 is 13.9 Å². The largest absolute Gasteiger partial charge is 0.457 e. The molecule has 3 rings (SSSR count). The summed E-state index contributed by atoms with van der Waals surface area (Å²) in [5.74, 6) is 0.535. The summed E-state index contributed by atoms with van der Waals surface area (Å²) in [6.07, 6.45) is 1.06. The fraction of sp³-hybridized carbons (Fsp3) is 0.280. The van der Waals surface area contributed by atoms with Crippen molar-refractivity contribution in [3.63, 3.8) is 0 Å². The molecule has 1 aromatic heterocycles. The van der Waals surface area contributed by atoms with E-state index in [1.165, 1.54) is 5.56 Å². The molecule has 5 nitrogen and oxygen atoms in total. The normalized spacial score (nSPS) is 11.1. The first-order valence-electron chi connectivity index (χ1n) is 9.94. The molecule has 2 aromatic carbocycles. The van der Waals surface area contributed by atoms with Crippen LogP contribution >= 0.6 is 0 Å². The van der Waals surface area contributed by atoms with Gasteiger partial charge in [-0.3, -0.25) is 0 Å². The van der Waals surface area contributed by atoms with Crippen LogP contribution in [0.5, 0.6) is 5.75 Å². The van der Waals surface area contributed by atoms with Crippen LogP contribution in [0.4, 0.5) is 0 Å². The molecule has 156 valence electrons. The lowest BCUT2D eigenvalue weighted by molar-refractivity contribution is -0.144. The Kier molecular flexibility index (Phi) is 6.40. The van der Waals surface area contributed by atoms with E-state index in [-0.39, 0.29) is 12.7 Å². The number of hydrogen-bond acceptors (Lipinski definition) is 5. The van der Waals surface area contributed by atoms with Gasteiger partial charge in [0.05, 0.1) is 5.56 Å². The van der Waals surface area contributed by atoms with E-state index >= 15 is 0 Å². The van der Waals surface area contributed by atoms with E-state index < -0.39 is 11.6 Å². The molecule has 0 spiro atoms. The van der Waals surface area contributed by atoms with E-state index in [2.05, 4.69) is 46.4 Å². The van der Waals surface area contributed by atoms with Gasteiger partial charge in [-0.1, -0.05) is 52.5 Å². The van der Waals surface area contributed by atoms with Gasteiger partial charge in [0.25, 0.3) is 0 Å². The molecular weight excluding hydrogens is 380 g/mol. The maximum absolute atomic E-state index is 12.8. The summed E-state index contributed by atoms with van der Waals surface area (Å²) in [7, 11) is 0. The minimum Gasteiger partial charge on any atom is -0.457 e. The van der Waals surface area contributed by atoms with E-state index in [4.69, 9.17) is 13.9 Å². The highest BCUT2D eigenvalue weighted by Gasteiger charge is 2.16. The lowest BCUT2D eigenvalue weighted by Gasteiger charge is -2.16. The predicted octanol–water partition coefficient (Wildman–Crippen LogP) is 5.77. The highest BCUT2D eigenvalue weighted by atomic mass is 16.7. The van der Waals surface area contributed by atoms with Gasteiger partial charge in [0.15, 0.2) is 0 Å². The minimum absolute atomic E-state index is 0.251. The summed E-state index contributed by atoms with van der Waals surface area (Å²) in [6, 6.07) is 13.2. The molecule has 1 heterocycles. The lowest BCUT2D eigenvalue weighted by atomic mass is 9.89. The van der Waals surface area contributed by atoms with Gasteiger partial charge in [-0.15, -0.1) is 0 Å². The lowest BCUT2D eigenvalue weighted by Crippen LogP contribution is -2.08. The maximum Gasteiger partial charge on any atom is 0.344 e. The second-order valence-electron chi connectivity index (χ2n) is 7.73. The second kappa shape index (κ2) is 8.99. The minimum atomic E-state index is -0.573.